The Morgan fingerprint density at radius 1 is 1.21 bits per heavy atom. The van der Waals surface area contributed by atoms with Crippen molar-refractivity contribution < 1.29 is 14.6 Å². The van der Waals surface area contributed by atoms with Gasteiger partial charge in [0.25, 0.3) is 0 Å². The molecule has 0 N–H and O–H groups in total. The van der Waals surface area contributed by atoms with Crippen LogP contribution in [0.25, 0.3) is 0 Å². The van der Waals surface area contributed by atoms with Gasteiger partial charge in [0.05, 0.1) is 5.56 Å². The molecule has 1 aromatic carbocycles. The molecule has 0 aliphatic rings. The summed E-state index contributed by atoms with van der Waals surface area (Å²) in [7, 11) is 0. The van der Waals surface area contributed by atoms with Gasteiger partial charge in [0.15, 0.2) is 0 Å². The van der Waals surface area contributed by atoms with Gasteiger partial charge < -0.3 is 0 Å². The van der Waals surface area contributed by atoms with Crippen molar-refractivity contribution in [3.05, 3.63) is 35.4 Å². The highest BCUT2D eigenvalue weighted by molar-refractivity contribution is 5.90. The lowest BCUT2D eigenvalue weighted by atomic mass is 10.1. The molecule has 0 spiro atoms. The molecule has 1 atom stereocenters. The normalized spacial score (nSPS) is 12.2. The molecule has 1 unspecified atom stereocenters. The fraction of sp³-hybridized carbons (Fsp3) is 0.562. The number of unbranched alkanes of at least 4 members (excludes halogenated alkanes) is 3. The molecule has 1 aromatic rings. The monoisotopic (exact) mass is 264 g/mol. The van der Waals surface area contributed by atoms with Crippen LogP contribution in [-0.2, 0) is 9.78 Å². The highest BCUT2D eigenvalue weighted by Crippen LogP contribution is 2.12. The molecule has 3 nitrogen and oxygen atoms in total. The minimum absolute atomic E-state index is 0.0511. The van der Waals surface area contributed by atoms with Crippen LogP contribution in [0.15, 0.2) is 24.3 Å². The summed E-state index contributed by atoms with van der Waals surface area (Å²) in [5.74, 6) is -0.418. The summed E-state index contributed by atoms with van der Waals surface area (Å²) in [6, 6.07) is 7.33. The maximum atomic E-state index is 11.8. The van der Waals surface area contributed by atoms with Gasteiger partial charge in [-0.15, -0.1) is 0 Å². The molecule has 0 amide bonds. The Hall–Kier alpha value is -1.35. The fourth-order valence-electron chi connectivity index (χ4n) is 1.88. The van der Waals surface area contributed by atoms with Gasteiger partial charge in [0.1, 0.15) is 6.10 Å². The van der Waals surface area contributed by atoms with Crippen LogP contribution in [0, 0.1) is 6.92 Å². The van der Waals surface area contributed by atoms with Gasteiger partial charge in [-0.05, 0) is 31.9 Å². The third-order valence-corrected chi connectivity index (χ3v) is 3.12. The molecule has 0 bridgehead atoms. The number of carbonyl (C=O) groups excluding carboxylic acids is 1. The van der Waals surface area contributed by atoms with Crippen LogP contribution in [0.2, 0.25) is 0 Å². The number of hydrogen-bond donors (Lipinski definition) is 0. The first-order chi connectivity index (χ1) is 9.15. The van der Waals surface area contributed by atoms with Crippen molar-refractivity contribution in [1.82, 2.24) is 0 Å². The Morgan fingerprint density at radius 2 is 1.95 bits per heavy atom. The number of aryl methyl sites for hydroxylation is 1. The Balaban J connectivity index is 2.28. The predicted octanol–water partition coefficient (Wildman–Crippen LogP) is 4.44. The van der Waals surface area contributed by atoms with Crippen molar-refractivity contribution >= 4 is 5.97 Å². The summed E-state index contributed by atoms with van der Waals surface area (Å²) in [6.45, 7) is 5.99. The van der Waals surface area contributed by atoms with E-state index in [4.69, 9.17) is 9.78 Å². The van der Waals surface area contributed by atoms with Crippen LogP contribution in [0.1, 0.15) is 61.9 Å². The van der Waals surface area contributed by atoms with E-state index in [1.807, 2.05) is 32.0 Å². The first-order valence-electron chi connectivity index (χ1n) is 7.08. The summed E-state index contributed by atoms with van der Waals surface area (Å²) in [5.41, 5.74) is 1.45. The summed E-state index contributed by atoms with van der Waals surface area (Å²) >= 11 is 0. The van der Waals surface area contributed by atoms with Crippen LogP contribution in [0.3, 0.4) is 0 Å². The fourth-order valence-corrected chi connectivity index (χ4v) is 1.88. The molecule has 1 rings (SSSR count). The lowest BCUT2D eigenvalue weighted by Crippen LogP contribution is -2.14. The van der Waals surface area contributed by atoms with Gasteiger partial charge in [-0.3, -0.25) is 4.89 Å². The average molecular weight is 264 g/mol. The van der Waals surface area contributed by atoms with Crippen molar-refractivity contribution in [2.75, 3.05) is 0 Å². The van der Waals surface area contributed by atoms with Gasteiger partial charge in [-0.1, -0.05) is 50.8 Å². The van der Waals surface area contributed by atoms with E-state index in [1.54, 1.807) is 6.07 Å². The second-order valence-corrected chi connectivity index (χ2v) is 4.94. The van der Waals surface area contributed by atoms with Crippen molar-refractivity contribution in [2.24, 2.45) is 0 Å². The van der Waals surface area contributed by atoms with Crippen molar-refractivity contribution in [2.45, 2.75) is 59.0 Å². The zero-order chi connectivity index (χ0) is 14.1. The van der Waals surface area contributed by atoms with Crippen LogP contribution < -0.4 is 0 Å². The van der Waals surface area contributed by atoms with Gasteiger partial charge in [-0.25, -0.2) is 4.79 Å². The third kappa shape index (κ3) is 5.88. The highest BCUT2D eigenvalue weighted by atomic mass is 17.2. The molecule has 0 saturated carbocycles. The molecule has 0 radical (unpaired) electrons. The van der Waals surface area contributed by atoms with Crippen LogP contribution in [-0.4, -0.2) is 12.1 Å². The van der Waals surface area contributed by atoms with E-state index in [0.29, 0.717) is 5.56 Å². The highest BCUT2D eigenvalue weighted by Gasteiger charge is 2.12. The van der Waals surface area contributed by atoms with E-state index >= 15 is 0 Å². The summed E-state index contributed by atoms with van der Waals surface area (Å²) in [6.07, 6.45) is 5.64. The quantitative estimate of drug-likeness (QED) is 0.395. The van der Waals surface area contributed by atoms with Gasteiger partial charge in [0, 0.05) is 0 Å². The predicted molar refractivity (Wildman–Crippen MR) is 75.9 cm³/mol. The molecule has 0 saturated heterocycles. The molecule has 0 fully saturated rings. The topological polar surface area (TPSA) is 35.5 Å². The van der Waals surface area contributed by atoms with Gasteiger partial charge >= 0.3 is 5.97 Å². The van der Waals surface area contributed by atoms with E-state index in [9.17, 15) is 4.79 Å². The molecule has 106 valence electrons. The van der Waals surface area contributed by atoms with E-state index in [0.717, 1.165) is 18.4 Å². The molecule has 0 aliphatic heterocycles. The molecular formula is C16H24O3. The largest absolute Gasteiger partial charge is 0.373 e. The zero-order valence-corrected chi connectivity index (χ0v) is 12.1. The molecule has 0 aromatic heterocycles. The van der Waals surface area contributed by atoms with E-state index in [-0.39, 0.29) is 6.10 Å². The first kappa shape index (κ1) is 15.7. The Kier molecular flexibility index (Phi) is 7.19. The third-order valence-electron chi connectivity index (χ3n) is 3.12. The minimum Gasteiger partial charge on any atom is -0.293 e. The zero-order valence-electron chi connectivity index (χ0n) is 12.1. The summed E-state index contributed by atoms with van der Waals surface area (Å²) in [5, 5.41) is 0. The van der Waals surface area contributed by atoms with Crippen molar-refractivity contribution in [3.8, 4) is 0 Å². The maximum Gasteiger partial charge on any atom is 0.373 e. The number of benzene rings is 1. The number of rotatable bonds is 8. The molecule has 0 heterocycles. The second-order valence-electron chi connectivity index (χ2n) is 4.94. The average Bonchev–Trinajstić information content (AvgIpc) is 2.41. The van der Waals surface area contributed by atoms with Crippen LogP contribution >= 0.6 is 0 Å². The molecular weight excluding hydrogens is 240 g/mol. The van der Waals surface area contributed by atoms with Crippen molar-refractivity contribution in [1.29, 1.82) is 0 Å². The molecule has 0 aliphatic carbocycles. The molecule has 3 heteroatoms. The molecule has 19 heavy (non-hydrogen) atoms. The number of hydrogen-bond acceptors (Lipinski definition) is 3. The smallest absolute Gasteiger partial charge is 0.293 e. The van der Waals surface area contributed by atoms with Gasteiger partial charge in [0.2, 0.25) is 0 Å². The minimum atomic E-state index is -0.418. The van der Waals surface area contributed by atoms with E-state index in [2.05, 4.69) is 6.92 Å². The number of carbonyl (C=O) groups is 1. The SMILES string of the molecule is CCCCCCC(C)OOC(=O)c1ccccc1C. The van der Waals surface area contributed by atoms with E-state index in [1.165, 1.54) is 19.3 Å². The lowest BCUT2D eigenvalue weighted by molar-refractivity contribution is -0.271. The maximum absolute atomic E-state index is 11.8. The van der Waals surface area contributed by atoms with E-state index < -0.39 is 5.97 Å². The van der Waals surface area contributed by atoms with Crippen molar-refractivity contribution in [3.63, 3.8) is 0 Å². The van der Waals surface area contributed by atoms with Crippen LogP contribution in [0.4, 0.5) is 0 Å². The lowest BCUT2D eigenvalue weighted by Gasteiger charge is -2.11. The Bertz CT molecular complexity index is 387. The summed E-state index contributed by atoms with van der Waals surface area (Å²) < 4.78 is 0. The Morgan fingerprint density at radius 3 is 2.63 bits per heavy atom. The van der Waals surface area contributed by atoms with Gasteiger partial charge in [-0.2, -0.15) is 4.89 Å². The van der Waals surface area contributed by atoms with Crippen LogP contribution in [0.5, 0.6) is 0 Å². The second kappa shape index (κ2) is 8.70. The Labute approximate surface area is 115 Å². The first-order valence-corrected chi connectivity index (χ1v) is 7.08. The standard InChI is InChI=1S/C16H24O3/c1-4-5-6-7-11-14(3)18-19-16(17)15-12-9-8-10-13(15)2/h8-10,12,14H,4-7,11H2,1-3H3. The summed E-state index contributed by atoms with van der Waals surface area (Å²) in [4.78, 5) is 21.8.